The maximum absolute atomic E-state index is 12.8. The maximum atomic E-state index is 12.8. The van der Waals surface area contributed by atoms with E-state index >= 15 is 0 Å². The first-order chi connectivity index (χ1) is 14.2. The molecule has 1 aromatic heterocycles. The Bertz CT molecular complexity index is 826. The predicted molar refractivity (Wildman–Crippen MR) is 116 cm³/mol. The third-order valence-corrected chi connectivity index (χ3v) is 5.90. The molecule has 6 heteroatoms. The van der Waals surface area contributed by atoms with Crippen LogP contribution in [0.3, 0.4) is 0 Å². The van der Waals surface area contributed by atoms with Crippen molar-refractivity contribution in [3.8, 4) is 0 Å². The van der Waals surface area contributed by atoms with Gasteiger partial charge in [-0.1, -0.05) is 18.2 Å². The smallest absolute Gasteiger partial charge is 0.251 e. The fraction of sp³-hybridized carbons (Fsp3) is 0.478. The van der Waals surface area contributed by atoms with Crippen molar-refractivity contribution in [1.29, 1.82) is 0 Å². The van der Waals surface area contributed by atoms with Gasteiger partial charge in [0.25, 0.3) is 5.91 Å². The maximum Gasteiger partial charge on any atom is 0.251 e. The fourth-order valence-corrected chi connectivity index (χ4v) is 4.16. The number of carbonyl (C=O) groups is 1. The number of nitrogens with one attached hydrogen (secondary N) is 1. The predicted octanol–water partition coefficient (Wildman–Crippen LogP) is 2.36. The van der Waals surface area contributed by atoms with E-state index < -0.39 is 0 Å². The van der Waals surface area contributed by atoms with Crippen LogP contribution in [0.5, 0.6) is 0 Å². The number of pyridine rings is 1. The highest BCUT2D eigenvalue weighted by molar-refractivity contribution is 5.94. The average molecular weight is 394 g/mol. The van der Waals surface area contributed by atoms with Crippen LogP contribution < -0.4 is 10.2 Å². The Morgan fingerprint density at radius 1 is 1.03 bits per heavy atom. The molecule has 2 aliphatic rings. The second-order valence-corrected chi connectivity index (χ2v) is 8.14. The summed E-state index contributed by atoms with van der Waals surface area (Å²) < 4.78 is 0. The molecule has 0 aliphatic carbocycles. The quantitative estimate of drug-likeness (QED) is 0.817. The van der Waals surface area contributed by atoms with Gasteiger partial charge in [0.05, 0.1) is 0 Å². The molecule has 0 unspecified atom stereocenters. The van der Waals surface area contributed by atoms with E-state index in [4.69, 9.17) is 0 Å². The zero-order chi connectivity index (χ0) is 20.1. The minimum atomic E-state index is -0.0264. The zero-order valence-corrected chi connectivity index (χ0v) is 17.3. The lowest BCUT2D eigenvalue weighted by molar-refractivity contribution is 0.0950. The van der Waals surface area contributed by atoms with Crippen LogP contribution in [0.2, 0.25) is 0 Å². The Kier molecular flexibility index (Phi) is 6.42. The molecule has 3 heterocycles. The molecule has 2 saturated heterocycles. The topological polar surface area (TPSA) is 51.7 Å². The van der Waals surface area contributed by atoms with Crippen molar-refractivity contribution in [3.63, 3.8) is 0 Å². The van der Waals surface area contributed by atoms with Crippen molar-refractivity contribution < 1.29 is 4.79 Å². The van der Waals surface area contributed by atoms with Crippen LogP contribution >= 0.6 is 0 Å². The van der Waals surface area contributed by atoms with Crippen molar-refractivity contribution >= 4 is 11.7 Å². The molecule has 1 amide bonds. The van der Waals surface area contributed by atoms with Gasteiger partial charge in [0.1, 0.15) is 5.82 Å². The molecule has 1 aromatic carbocycles. The largest absolute Gasteiger partial charge is 0.354 e. The van der Waals surface area contributed by atoms with E-state index in [2.05, 4.69) is 44.2 Å². The third-order valence-electron chi connectivity index (χ3n) is 5.90. The van der Waals surface area contributed by atoms with Crippen molar-refractivity contribution in [2.75, 3.05) is 51.2 Å². The number of likely N-dealkylation sites (tertiary alicyclic amines) is 1. The standard InChI is InChI=1S/C23H31N5O/c1-26-12-14-28(15-13-26)22-21(8-5-9-24-22)17-25-23(29)20-7-4-6-19(16-20)18-27-10-2-3-11-27/h4-9,16H,2-3,10-15,17-18H2,1H3,(H,25,29). The highest BCUT2D eigenvalue weighted by Crippen LogP contribution is 2.19. The first-order valence-corrected chi connectivity index (χ1v) is 10.7. The molecule has 154 valence electrons. The number of likely N-dealkylation sites (N-methyl/N-ethyl adjacent to an activating group) is 1. The minimum Gasteiger partial charge on any atom is -0.354 e. The number of carbonyl (C=O) groups excluding carboxylic acids is 1. The van der Waals surface area contributed by atoms with Gasteiger partial charge in [-0.25, -0.2) is 4.98 Å². The third kappa shape index (κ3) is 5.14. The van der Waals surface area contributed by atoms with E-state index in [1.165, 1.54) is 18.4 Å². The second kappa shape index (κ2) is 9.37. The molecular weight excluding hydrogens is 362 g/mol. The molecule has 29 heavy (non-hydrogen) atoms. The van der Waals surface area contributed by atoms with Crippen LogP contribution in [0, 0.1) is 0 Å². The highest BCUT2D eigenvalue weighted by Gasteiger charge is 2.18. The number of benzene rings is 1. The Morgan fingerprint density at radius 2 is 1.83 bits per heavy atom. The van der Waals surface area contributed by atoms with Crippen LogP contribution in [-0.4, -0.2) is 67.0 Å². The van der Waals surface area contributed by atoms with Gasteiger partial charge in [0, 0.05) is 56.6 Å². The van der Waals surface area contributed by atoms with Crippen LogP contribution in [0.15, 0.2) is 42.6 Å². The second-order valence-electron chi connectivity index (χ2n) is 8.14. The Labute approximate surface area is 173 Å². The van der Waals surface area contributed by atoms with E-state index in [0.29, 0.717) is 6.54 Å². The minimum absolute atomic E-state index is 0.0264. The molecular formula is C23H31N5O. The summed E-state index contributed by atoms with van der Waals surface area (Å²) in [5.74, 6) is 0.963. The zero-order valence-electron chi connectivity index (χ0n) is 17.3. The number of hydrogen-bond donors (Lipinski definition) is 1. The molecule has 0 spiro atoms. The molecule has 2 aromatic rings. The molecule has 2 aliphatic heterocycles. The van der Waals surface area contributed by atoms with Crippen LogP contribution in [-0.2, 0) is 13.1 Å². The first kappa shape index (κ1) is 19.9. The SMILES string of the molecule is CN1CCN(c2ncccc2CNC(=O)c2cccc(CN3CCCC3)c2)CC1. The molecule has 0 atom stereocenters. The van der Waals surface area contributed by atoms with Crippen molar-refractivity contribution in [1.82, 2.24) is 20.1 Å². The number of anilines is 1. The molecule has 2 fully saturated rings. The summed E-state index contributed by atoms with van der Waals surface area (Å²) in [4.78, 5) is 24.5. The van der Waals surface area contributed by atoms with E-state index in [0.717, 1.165) is 62.8 Å². The van der Waals surface area contributed by atoms with E-state index in [9.17, 15) is 4.79 Å². The number of piperazine rings is 1. The summed E-state index contributed by atoms with van der Waals surface area (Å²) in [6.07, 6.45) is 4.39. The van der Waals surface area contributed by atoms with E-state index in [1.807, 2.05) is 30.5 Å². The lowest BCUT2D eigenvalue weighted by Gasteiger charge is -2.34. The Morgan fingerprint density at radius 3 is 2.62 bits per heavy atom. The summed E-state index contributed by atoms with van der Waals surface area (Å²) in [5.41, 5.74) is 3.00. The van der Waals surface area contributed by atoms with Crippen LogP contribution in [0.25, 0.3) is 0 Å². The fourth-order valence-electron chi connectivity index (χ4n) is 4.16. The van der Waals surface area contributed by atoms with E-state index in [1.54, 1.807) is 0 Å². The normalized spacial score (nSPS) is 18.2. The summed E-state index contributed by atoms with van der Waals surface area (Å²) >= 11 is 0. The van der Waals surface area contributed by atoms with Crippen LogP contribution in [0.1, 0.15) is 34.3 Å². The molecule has 4 rings (SSSR count). The number of rotatable bonds is 6. The van der Waals surface area contributed by atoms with Crippen molar-refractivity contribution in [3.05, 3.63) is 59.3 Å². The molecule has 1 N–H and O–H groups in total. The van der Waals surface area contributed by atoms with Gasteiger partial charge < -0.3 is 15.1 Å². The van der Waals surface area contributed by atoms with Gasteiger partial charge in [-0.15, -0.1) is 0 Å². The Balaban J connectivity index is 1.38. The lowest BCUT2D eigenvalue weighted by Crippen LogP contribution is -2.45. The molecule has 0 saturated carbocycles. The summed E-state index contributed by atoms with van der Waals surface area (Å²) in [6.45, 7) is 7.74. The number of amides is 1. The number of nitrogens with zero attached hydrogens (tertiary/aromatic N) is 4. The summed E-state index contributed by atoms with van der Waals surface area (Å²) in [6, 6.07) is 12.0. The van der Waals surface area contributed by atoms with Crippen molar-refractivity contribution in [2.45, 2.75) is 25.9 Å². The molecule has 6 nitrogen and oxygen atoms in total. The summed E-state index contributed by atoms with van der Waals surface area (Å²) in [7, 11) is 2.15. The van der Waals surface area contributed by atoms with Gasteiger partial charge in [0.15, 0.2) is 0 Å². The van der Waals surface area contributed by atoms with Crippen molar-refractivity contribution in [2.24, 2.45) is 0 Å². The first-order valence-electron chi connectivity index (χ1n) is 10.7. The molecule has 0 bridgehead atoms. The number of hydrogen-bond acceptors (Lipinski definition) is 5. The lowest BCUT2D eigenvalue weighted by atomic mass is 10.1. The van der Waals surface area contributed by atoms with Gasteiger partial charge in [-0.2, -0.15) is 0 Å². The van der Waals surface area contributed by atoms with Crippen LogP contribution in [0.4, 0.5) is 5.82 Å². The van der Waals surface area contributed by atoms with Gasteiger partial charge in [-0.3, -0.25) is 9.69 Å². The van der Waals surface area contributed by atoms with Gasteiger partial charge >= 0.3 is 0 Å². The summed E-state index contributed by atoms with van der Waals surface area (Å²) in [5, 5.41) is 3.09. The monoisotopic (exact) mass is 393 g/mol. The Hall–Kier alpha value is -2.44. The van der Waals surface area contributed by atoms with Gasteiger partial charge in [-0.05, 0) is 56.7 Å². The van der Waals surface area contributed by atoms with Gasteiger partial charge in [0.2, 0.25) is 0 Å². The number of aromatic nitrogens is 1. The molecule has 0 radical (unpaired) electrons. The highest BCUT2D eigenvalue weighted by atomic mass is 16.1. The van der Waals surface area contributed by atoms with E-state index in [-0.39, 0.29) is 5.91 Å². The average Bonchev–Trinajstić information content (AvgIpc) is 3.26.